The van der Waals surface area contributed by atoms with Gasteiger partial charge < -0.3 is 5.32 Å². The van der Waals surface area contributed by atoms with Crippen LogP contribution in [-0.4, -0.2) is 27.2 Å². The SMILES string of the molecule is Cn1nc(C(=O)NCCc2nc3c(s2)CCC3)ccc1=O. The van der Waals surface area contributed by atoms with Crippen molar-refractivity contribution in [2.75, 3.05) is 6.54 Å². The molecule has 6 nitrogen and oxygen atoms in total. The third-order valence-corrected chi connectivity index (χ3v) is 4.67. The molecule has 0 atom stereocenters. The maximum absolute atomic E-state index is 11.9. The third-order valence-electron chi connectivity index (χ3n) is 3.46. The maximum atomic E-state index is 11.9. The molecule has 2 aromatic heterocycles. The lowest BCUT2D eigenvalue weighted by molar-refractivity contribution is 0.0947. The lowest BCUT2D eigenvalue weighted by Gasteiger charge is -2.04. The first-order chi connectivity index (χ1) is 10.1. The van der Waals surface area contributed by atoms with Crippen molar-refractivity contribution in [1.29, 1.82) is 0 Å². The van der Waals surface area contributed by atoms with Crippen molar-refractivity contribution < 1.29 is 4.79 Å². The van der Waals surface area contributed by atoms with Crippen LogP contribution < -0.4 is 10.9 Å². The number of nitrogens with zero attached hydrogens (tertiary/aromatic N) is 3. The Hall–Kier alpha value is -2.02. The highest BCUT2D eigenvalue weighted by Gasteiger charge is 2.16. The Labute approximate surface area is 125 Å². The molecular formula is C14H16N4O2S. The Morgan fingerprint density at radius 1 is 1.43 bits per heavy atom. The van der Waals surface area contributed by atoms with E-state index < -0.39 is 0 Å². The van der Waals surface area contributed by atoms with Gasteiger partial charge in [0.05, 0.1) is 10.7 Å². The van der Waals surface area contributed by atoms with Crippen LogP contribution in [0.1, 0.15) is 32.5 Å². The molecule has 1 aliphatic carbocycles. The molecule has 21 heavy (non-hydrogen) atoms. The number of hydrogen-bond acceptors (Lipinski definition) is 5. The average Bonchev–Trinajstić information content (AvgIpc) is 3.02. The summed E-state index contributed by atoms with van der Waals surface area (Å²) in [5.74, 6) is -0.269. The molecule has 2 heterocycles. The summed E-state index contributed by atoms with van der Waals surface area (Å²) in [6.07, 6.45) is 4.17. The van der Waals surface area contributed by atoms with Gasteiger partial charge in [-0.2, -0.15) is 5.10 Å². The number of amides is 1. The fraction of sp³-hybridized carbons (Fsp3) is 0.429. The summed E-state index contributed by atoms with van der Waals surface area (Å²) >= 11 is 1.75. The number of rotatable bonds is 4. The molecule has 110 valence electrons. The van der Waals surface area contributed by atoms with Crippen molar-refractivity contribution in [2.24, 2.45) is 7.05 Å². The van der Waals surface area contributed by atoms with Crippen molar-refractivity contribution >= 4 is 17.2 Å². The molecule has 0 fully saturated rings. The van der Waals surface area contributed by atoms with Gasteiger partial charge in [-0.05, 0) is 25.3 Å². The minimum atomic E-state index is -0.269. The summed E-state index contributed by atoms with van der Waals surface area (Å²) in [5.41, 5.74) is 1.25. The molecule has 0 aliphatic heterocycles. The van der Waals surface area contributed by atoms with Gasteiger partial charge in [0.15, 0.2) is 0 Å². The standard InChI is InChI=1S/C14H16N4O2S/c1-18-13(19)6-5-10(17-18)14(20)15-8-7-12-16-9-3-2-4-11(9)21-12/h5-6H,2-4,7-8H2,1H3,(H,15,20). The Balaban J connectivity index is 1.55. The first-order valence-corrected chi connectivity index (χ1v) is 7.75. The zero-order valence-electron chi connectivity index (χ0n) is 11.8. The molecule has 0 radical (unpaired) electrons. The highest BCUT2D eigenvalue weighted by Crippen LogP contribution is 2.27. The lowest BCUT2D eigenvalue weighted by atomic mass is 10.3. The second kappa shape index (κ2) is 5.77. The predicted molar refractivity (Wildman–Crippen MR) is 79.7 cm³/mol. The molecule has 0 saturated heterocycles. The van der Waals surface area contributed by atoms with Crippen LogP contribution in [-0.2, 0) is 26.3 Å². The van der Waals surface area contributed by atoms with Crippen LogP contribution in [0.15, 0.2) is 16.9 Å². The van der Waals surface area contributed by atoms with E-state index in [4.69, 9.17) is 0 Å². The van der Waals surface area contributed by atoms with E-state index >= 15 is 0 Å². The van der Waals surface area contributed by atoms with Crippen molar-refractivity contribution in [3.8, 4) is 0 Å². The van der Waals surface area contributed by atoms with Crippen molar-refractivity contribution in [1.82, 2.24) is 20.1 Å². The van der Waals surface area contributed by atoms with Gasteiger partial charge in [0.2, 0.25) is 0 Å². The fourth-order valence-corrected chi connectivity index (χ4v) is 3.50. The zero-order chi connectivity index (χ0) is 14.8. The average molecular weight is 304 g/mol. The van der Waals surface area contributed by atoms with Crippen LogP contribution in [0.25, 0.3) is 0 Å². The van der Waals surface area contributed by atoms with Gasteiger partial charge >= 0.3 is 0 Å². The van der Waals surface area contributed by atoms with Crippen LogP contribution in [0.4, 0.5) is 0 Å². The first-order valence-electron chi connectivity index (χ1n) is 6.93. The van der Waals surface area contributed by atoms with E-state index in [0.717, 1.165) is 29.0 Å². The van der Waals surface area contributed by atoms with E-state index in [9.17, 15) is 9.59 Å². The van der Waals surface area contributed by atoms with Crippen molar-refractivity contribution in [2.45, 2.75) is 25.7 Å². The van der Waals surface area contributed by atoms with Crippen LogP contribution in [0.2, 0.25) is 0 Å². The smallest absolute Gasteiger partial charge is 0.271 e. The molecular weight excluding hydrogens is 288 g/mol. The monoisotopic (exact) mass is 304 g/mol. The summed E-state index contributed by atoms with van der Waals surface area (Å²) < 4.78 is 1.15. The van der Waals surface area contributed by atoms with E-state index in [1.54, 1.807) is 11.3 Å². The molecule has 0 unspecified atom stereocenters. The topological polar surface area (TPSA) is 76.9 Å². The van der Waals surface area contributed by atoms with Gasteiger partial charge in [-0.15, -0.1) is 11.3 Å². The molecule has 0 saturated carbocycles. The number of thiazole rings is 1. The van der Waals surface area contributed by atoms with E-state index in [1.807, 2.05) is 0 Å². The number of nitrogens with one attached hydrogen (secondary N) is 1. The van der Waals surface area contributed by atoms with Gasteiger partial charge in [-0.1, -0.05) is 0 Å². The van der Waals surface area contributed by atoms with E-state index in [-0.39, 0.29) is 17.2 Å². The number of hydrogen-bond donors (Lipinski definition) is 1. The zero-order valence-corrected chi connectivity index (χ0v) is 12.6. The number of fused-ring (bicyclic) bond motifs is 1. The van der Waals surface area contributed by atoms with Gasteiger partial charge in [-0.25, -0.2) is 9.67 Å². The molecule has 0 bridgehead atoms. The molecule has 3 rings (SSSR count). The van der Waals surface area contributed by atoms with E-state index in [0.29, 0.717) is 6.54 Å². The minimum absolute atomic E-state index is 0.233. The van der Waals surface area contributed by atoms with Crippen LogP contribution in [0, 0.1) is 0 Å². The second-order valence-electron chi connectivity index (χ2n) is 5.02. The summed E-state index contributed by atoms with van der Waals surface area (Å²) in [7, 11) is 1.52. The van der Waals surface area contributed by atoms with Gasteiger partial charge in [0.1, 0.15) is 5.69 Å². The Morgan fingerprint density at radius 3 is 3.05 bits per heavy atom. The molecule has 7 heteroatoms. The van der Waals surface area contributed by atoms with E-state index in [2.05, 4.69) is 15.4 Å². The molecule has 1 aliphatic rings. The minimum Gasteiger partial charge on any atom is -0.350 e. The van der Waals surface area contributed by atoms with Gasteiger partial charge in [0.25, 0.3) is 11.5 Å². The summed E-state index contributed by atoms with van der Waals surface area (Å²) in [6.45, 7) is 0.524. The van der Waals surface area contributed by atoms with Crippen LogP contribution in [0.5, 0.6) is 0 Å². The second-order valence-corrected chi connectivity index (χ2v) is 6.19. The van der Waals surface area contributed by atoms with Gasteiger partial charge in [-0.3, -0.25) is 9.59 Å². The van der Waals surface area contributed by atoms with Gasteiger partial charge in [0, 0.05) is 31.0 Å². The predicted octanol–water partition coefficient (Wildman–Crippen LogP) is 0.698. The number of carbonyl (C=O) groups is 1. The molecule has 0 aromatic carbocycles. The number of carbonyl (C=O) groups excluding carboxylic acids is 1. The van der Waals surface area contributed by atoms with Crippen molar-refractivity contribution in [3.63, 3.8) is 0 Å². The Morgan fingerprint density at radius 2 is 2.29 bits per heavy atom. The van der Waals surface area contributed by atoms with Crippen LogP contribution >= 0.6 is 11.3 Å². The maximum Gasteiger partial charge on any atom is 0.271 e. The largest absolute Gasteiger partial charge is 0.350 e. The highest BCUT2D eigenvalue weighted by atomic mass is 32.1. The van der Waals surface area contributed by atoms with E-state index in [1.165, 1.54) is 36.2 Å². The summed E-state index contributed by atoms with van der Waals surface area (Å²) in [5, 5.41) is 7.80. The Kier molecular flexibility index (Phi) is 3.83. The lowest BCUT2D eigenvalue weighted by Crippen LogP contribution is -2.29. The molecule has 2 aromatic rings. The summed E-state index contributed by atoms with van der Waals surface area (Å²) in [6, 6.07) is 2.78. The highest BCUT2D eigenvalue weighted by molar-refractivity contribution is 7.11. The molecule has 1 amide bonds. The van der Waals surface area contributed by atoms with Crippen molar-refractivity contribution in [3.05, 3.63) is 43.8 Å². The quantitative estimate of drug-likeness (QED) is 0.902. The normalized spacial score (nSPS) is 13.2. The summed E-state index contributed by atoms with van der Waals surface area (Å²) in [4.78, 5) is 29.1. The fourth-order valence-electron chi connectivity index (χ4n) is 2.35. The van der Waals surface area contributed by atoms with Crippen LogP contribution in [0.3, 0.4) is 0 Å². The molecule has 1 N–H and O–H groups in total. The Bertz CT molecular complexity index is 713. The number of aromatic nitrogens is 3. The first kappa shape index (κ1) is 13.9. The third kappa shape index (κ3) is 3.02. The number of aryl methyl sites for hydroxylation is 3. The molecule has 0 spiro atoms.